The van der Waals surface area contributed by atoms with Crippen LogP contribution in [0.4, 0.5) is 5.69 Å². The van der Waals surface area contributed by atoms with E-state index in [1.807, 2.05) is 54.6 Å². The summed E-state index contributed by atoms with van der Waals surface area (Å²) >= 11 is 0. The summed E-state index contributed by atoms with van der Waals surface area (Å²) in [4.78, 5) is 15.3. The first kappa shape index (κ1) is 23.3. The fourth-order valence-corrected chi connectivity index (χ4v) is 5.31. The van der Waals surface area contributed by atoms with Crippen LogP contribution in [-0.4, -0.2) is 47.8 Å². The molecule has 3 aromatic carbocycles. The summed E-state index contributed by atoms with van der Waals surface area (Å²) in [7, 11) is 1.65. The van der Waals surface area contributed by atoms with Crippen LogP contribution < -0.4 is 20.8 Å². The Balaban J connectivity index is 1.47. The molecule has 0 bridgehead atoms. The van der Waals surface area contributed by atoms with Crippen LogP contribution in [-0.2, 0) is 0 Å². The van der Waals surface area contributed by atoms with Gasteiger partial charge in [0.25, 0.3) is 0 Å². The smallest absolute Gasteiger partial charge is 0.197 e. The van der Waals surface area contributed by atoms with E-state index < -0.39 is 0 Å². The second-order valence-corrected chi connectivity index (χ2v) is 9.60. The van der Waals surface area contributed by atoms with E-state index >= 15 is 0 Å². The summed E-state index contributed by atoms with van der Waals surface area (Å²) < 4.78 is 5.38. The van der Waals surface area contributed by atoms with E-state index in [4.69, 9.17) is 14.7 Å². The molecule has 1 aromatic heterocycles. The summed E-state index contributed by atoms with van der Waals surface area (Å²) in [5.74, 6) is 1.44. The summed E-state index contributed by atoms with van der Waals surface area (Å²) in [6, 6.07) is 22.3. The maximum absolute atomic E-state index is 11.2. The molecule has 0 saturated carbocycles. The minimum atomic E-state index is 0.100. The van der Waals surface area contributed by atoms with E-state index in [9.17, 15) is 5.11 Å². The number of hydrogen-bond acceptors (Lipinski definition) is 6. The van der Waals surface area contributed by atoms with Crippen LogP contribution in [0.15, 0.2) is 82.5 Å². The normalized spacial score (nSPS) is 15.8. The van der Waals surface area contributed by atoms with Crippen molar-refractivity contribution >= 4 is 22.2 Å². The largest absolute Gasteiger partial charge is 0.497 e. The SMILES string of the molecule is CCN1CCC(Nc2ccc3[nH]c(O)c(C(=C4N=c5ccccc5=N4)c4ccc(OC)cc4)c3c2)CC1. The molecule has 0 unspecified atom stereocenters. The number of piperidine rings is 1. The number of H-pyrrole nitrogens is 1. The van der Waals surface area contributed by atoms with Crippen LogP contribution in [0.3, 0.4) is 0 Å². The van der Waals surface area contributed by atoms with Crippen molar-refractivity contribution < 1.29 is 9.84 Å². The van der Waals surface area contributed by atoms with Crippen molar-refractivity contribution in [3.8, 4) is 11.6 Å². The predicted octanol–water partition coefficient (Wildman–Crippen LogP) is 4.45. The van der Waals surface area contributed by atoms with E-state index in [2.05, 4.69) is 34.3 Å². The molecule has 1 saturated heterocycles. The summed E-state index contributed by atoms with van der Waals surface area (Å²) in [5.41, 5.74) is 4.28. The Morgan fingerprint density at radius 3 is 2.38 bits per heavy atom. The molecule has 0 atom stereocenters. The van der Waals surface area contributed by atoms with Gasteiger partial charge in [-0.25, -0.2) is 9.98 Å². The predicted molar refractivity (Wildman–Crippen MR) is 146 cm³/mol. The Morgan fingerprint density at radius 2 is 1.73 bits per heavy atom. The molecule has 37 heavy (non-hydrogen) atoms. The third kappa shape index (κ3) is 4.47. The number of aromatic amines is 1. The van der Waals surface area contributed by atoms with Crippen molar-refractivity contribution in [3.63, 3.8) is 0 Å². The van der Waals surface area contributed by atoms with Crippen molar-refractivity contribution in [2.24, 2.45) is 9.98 Å². The topological polar surface area (TPSA) is 85.2 Å². The molecule has 0 spiro atoms. The lowest BCUT2D eigenvalue weighted by Gasteiger charge is -2.32. The van der Waals surface area contributed by atoms with Gasteiger partial charge in [0.15, 0.2) is 11.7 Å². The summed E-state index contributed by atoms with van der Waals surface area (Å²) in [6.45, 7) is 5.55. The third-order valence-corrected chi connectivity index (χ3v) is 7.37. The van der Waals surface area contributed by atoms with Gasteiger partial charge in [-0.15, -0.1) is 0 Å². The molecule has 0 amide bonds. The standard InChI is InChI=1S/C30H31N5O2/c1-3-35-16-14-20(15-17-35)31-21-10-13-24-23(18-21)28(30(36)34-24)27(19-8-11-22(37-2)12-9-19)29-32-25-6-4-5-7-26(25)33-29/h4-13,18,20,31,34,36H,3,14-17H2,1-2H3. The van der Waals surface area contributed by atoms with Gasteiger partial charge in [0, 0.05) is 41.3 Å². The van der Waals surface area contributed by atoms with E-state index in [0.717, 1.165) is 76.7 Å². The number of likely N-dealkylation sites (tertiary alicyclic amines) is 1. The second-order valence-electron chi connectivity index (χ2n) is 9.60. The molecule has 3 heterocycles. The lowest BCUT2D eigenvalue weighted by Crippen LogP contribution is -2.38. The van der Waals surface area contributed by atoms with Crippen LogP contribution >= 0.6 is 0 Å². The van der Waals surface area contributed by atoms with Gasteiger partial charge >= 0.3 is 0 Å². The van der Waals surface area contributed by atoms with Crippen LogP contribution in [0.2, 0.25) is 0 Å². The molecule has 7 heteroatoms. The second kappa shape index (κ2) is 9.75. The fraction of sp³-hybridized carbons (Fsp3) is 0.267. The van der Waals surface area contributed by atoms with E-state index in [-0.39, 0.29) is 5.88 Å². The zero-order valence-electron chi connectivity index (χ0n) is 21.2. The number of anilines is 1. The highest BCUT2D eigenvalue weighted by molar-refractivity contribution is 6.01. The van der Waals surface area contributed by atoms with E-state index in [1.165, 1.54) is 0 Å². The fourth-order valence-electron chi connectivity index (χ4n) is 5.31. The minimum absolute atomic E-state index is 0.100. The molecule has 6 rings (SSSR count). The molecule has 7 nitrogen and oxygen atoms in total. The first-order valence-electron chi connectivity index (χ1n) is 12.9. The number of nitrogens with zero attached hydrogens (tertiary/aromatic N) is 3. The maximum Gasteiger partial charge on any atom is 0.197 e. The monoisotopic (exact) mass is 493 g/mol. The molecule has 2 aliphatic heterocycles. The molecule has 0 aliphatic carbocycles. The number of aromatic hydroxyl groups is 1. The molecule has 188 valence electrons. The summed E-state index contributed by atoms with van der Waals surface area (Å²) in [5, 5.41) is 17.5. The lowest BCUT2D eigenvalue weighted by atomic mass is 9.96. The highest BCUT2D eigenvalue weighted by atomic mass is 16.5. The molecule has 1 fully saturated rings. The third-order valence-electron chi connectivity index (χ3n) is 7.37. The molecule has 2 aliphatic rings. The van der Waals surface area contributed by atoms with Crippen LogP contribution in [0.1, 0.15) is 30.9 Å². The number of benzene rings is 3. The number of rotatable bonds is 6. The number of nitrogens with one attached hydrogen (secondary N) is 2. The first-order chi connectivity index (χ1) is 18.1. The zero-order chi connectivity index (χ0) is 25.4. The number of para-hydroxylation sites is 2. The highest BCUT2D eigenvalue weighted by Crippen LogP contribution is 2.40. The van der Waals surface area contributed by atoms with Gasteiger partial charge in [0.05, 0.1) is 23.4 Å². The van der Waals surface area contributed by atoms with Crippen LogP contribution in [0, 0.1) is 0 Å². The van der Waals surface area contributed by atoms with Crippen molar-refractivity contribution in [2.45, 2.75) is 25.8 Å². The quantitative estimate of drug-likeness (QED) is 0.371. The van der Waals surface area contributed by atoms with Crippen molar-refractivity contribution in [2.75, 3.05) is 32.1 Å². The zero-order valence-corrected chi connectivity index (χ0v) is 21.2. The van der Waals surface area contributed by atoms with Gasteiger partial charge in [-0.3, -0.25) is 0 Å². The lowest BCUT2D eigenvalue weighted by molar-refractivity contribution is 0.229. The van der Waals surface area contributed by atoms with E-state index in [1.54, 1.807) is 7.11 Å². The molecular weight excluding hydrogens is 462 g/mol. The summed E-state index contributed by atoms with van der Waals surface area (Å²) in [6.07, 6.45) is 2.24. The first-order valence-corrected chi connectivity index (χ1v) is 12.9. The van der Waals surface area contributed by atoms with Crippen molar-refractivity contribution in [3.05, 3.63) is 94.4 Å². The average molecular weight is 494 g/mol. The van der Waals surface area contributed by atoms with Crippen LogP contribution in [0.5, 0.6) is 11.6 Å². The van der Waals surface area contributed by atoms with Gasteiger partial charge in [-0.2, -0.15) is 0 Å². The maximum atomic E-state index is 11.2. The van der Waals surface area contributed by atoms with Gasteiger partial charge in [-0.05, 0) is 67.4 Å². The number of hydrogen-bond donors (Lipinski definition) is 3. The molecule has 0 radical (unpaired) electrons. The number of fused-ring (bicyclic) bond motifs is 2. The molecule has 3 N–H and O–H groups in total. The minimum Gasteiger partial charge on any atom is -0.497 e. The van der Waals surface area contributed by atoms with E-state index in [0.29, 0.717) is 17.4 Å². The molecular formula is C30H31N5O2. The van der Waals surface area contributed by atoms with Gasteiger partial charge in [0.1, 0.15) is 5.75 Å². The van der Waals surface area contributed by atoms with Gasteiger partial charge in [0.2, 0.25) is 0 Å². The highest BCUT2D eigenvalue weighted by Gasteiger charge is 2.23. The number of methoxy groups -OCH3 is 1. The van der Waals surface area contributed by atoms with Crippen molar-refractivity contribution in [1.82, 2.24) is 9.88 Å². The Bertz CT molecular complexity index is 1560. The van der Waals surface area contributed by atoms with Gasteiger partial charge in [-0.1, -0.05) is 31.2 Å². The Morgan fingerprint density at radius 1 is 1.03 bits per heavy atom. The van der Waals surface area contributed by atoms with Gasteiger partial charge < -0.3 is 25.0 Å². The Hall–Kier alpha value is -4.10. The Labute approximate surface area is 215 Å². The van der Waals surface area contributed by atoms with Crippen LogP contribution in [0.25, 0.3) is 16.5 Å². The molecule has 4 aromatic rings. The van der Waals surface area contributed by atoms with Crippen molar-refractivity contribution in [1.29, 1.82) is 0 Å². The number of aromatic nitrogens is 1. The number of ether oxygens (including phenoxy) is 1. The Kier molecular flexibility index (Phi) is 6.14. The average Bonchev–Trinajstić information content (AvgIpc) is 3.50.